The molecule has 0 aliphatic heterocycles. The summed E-state index contributed by atoms with van der Waals surface area (Å²) < 4.78 is 5.13. The Hall–Kier alpha value is -0.620. The molecule has 0 N–H and O–H groups in total. The number of nitrogens with zero attached hydrogens (tertiary/aromatic N) is 1. The van der Waals surface area contributed by atoms with Gasteiger partial charge in [0.25, 0.3) is 0 Å². The maximum atomic E-state index is 8.36. The smallest absolute Gasteiger partial charge is 0.174 e. The van der Waals surface area contributed by atoms with Crippen molar-refractivity contribution < 1.29 is 4.74 Å². The van der Waals surface area contributed by atoms with Crippen molar-refractivity contribution in [2.24, 2.45) is 0 Å². The van der Waals surface area contributed by atoms with Crippen LogP contribution in [0.15, 0.2) is 12.1 Å². The first-order valence-corrected chi connectivity index (χ1v) is 5.01. The molecule has 0 aliphatic carbocycles. The van der Waals surface area contributed by atoms with Gasteiger partial charge in [-0.15, -0.1) is 11.6 Å². The second-order valence-electron chi connectivity index (χ2n) is 2.46. The quantitative estimate of drug-likeness (QED) is 0.767. The number of hydrogen-bond donors (Lipinski definition) is 0. The van der Waals surface area contributed by atoms with E-state index in [9.17, 15) is 0 Å². The van der Waals surface area contributed by atoms with Gasteiger partial charge >= 0.3 is 0 Å². The van der Waals surface area contributed by atoms with E-state index in [0.717, 1.165) is 0 Å². The van der Waals surface area contributed by atoms with Gasteiger partial charge in [0.1, 0.15) is 11.8 Å². The van der Waals surface area contributed by atoms with Crippen LogP contribution in [0.1, 0.15) is 5.56 Å². The van der Waals surface area contributed by atoms with E-state index < -0.39 is 0 Å². The highest BCUT2D eigenvalue weighted by molar-refractivity contribution is 6.35. The molecule has 0 radical (unpaired) electrons. The van der Waals surface area contributed by atoms with E-state index in [4.69, 9.17) is 44.8 Å². The number of hydrogen-bond acceptors (Lipinski definition) is 2. The summed E-state index contributed by atoms with van der Waals surface area (Å²) in [5, 5.41) is 9.22. The fraction of sp³-hybridized carbons (Fsp3) is 0.222. The zero-order valence-electron chi connectivity index (χ0n) is 7.06. The van der Waals surface area contributed by atoms with Crippen LogP contribution >= 0.6 is 34.8 Å². The highest BCUT2D eigenvalue weighted by atomic mass is 35.5. The molecule has 0 amide bonds. The Bertz CT molecular complexity index is 373. The van der Waals surface area contributed by atoms with E-state index >= 15 is 0 Å². The predicted octanol–water partition coefficient (Wildman–Crippen LogP) is 3.63. The zero-order chi connectivity index (χ0) is 10.6. The number of benzene rings is 1. The van der Waals surface area contributed by atoms with Gasteiger partial charge in [0.05, 0.1) is 10.9 Å². The monoisotopic (exact) mass is 249 g/mol. The third kappa shape index (κ3) is 2.68. The third-order valence-corrected chi connectivity index (χ3v) is 2.30. The molecule has 0 spiro atoms. The van der Waals surface area contributed by atoms with E-state index in [1.165, 1.54) is 0 Å². The maximum Gasteiger partial charge on any atom is 0.174 e. The number of alkyl halides is 1. The Kier molecular flexibility index (Phi) is 4.34. The molecule has 1 rings (SSSR count). The topological polar surface area (TPSA) is 33.0 Å². The van der Waals surface area contributed by atoms with Crippen LogP contribution in [0, 0.1) is 11.3 Å². The van der Waals surface area contributed by atoms with Crippen LogP contribution in [-0.4, -0.2) is 6.61 Å². The van der Waals surface area contributed by atoms with Crippen LogP contribution in [0.5, 0.6) is 5.75 Å². The number of halogens is 3. The summed E-state index contributed by atoms with van der Waals surface area (Å²) in [6, 6.07) is 5.06. The molecule has 0 atom stereocenters. The predicted molar refractivity (Wildman–Crippen MR) is 57.1 cm³/mol. The standard InChI is InChI=1S/C9H6Cl3NO/c10-5-6-3-7(11)4-8(12)9(6)14-2-1-13/h3-4H,2,5H2. The SMILES string of the molecule is N#CCOc1c(Cl)cc(Cl)cc1CCl. The first-order valence-electron chi connectivity index (χ1n) is 3.72. The number of nitriles is 1. The highest BCUT2D eigenvalue weighted by Gasteiger charge is 2.09. The van der Waals surface area contributed by atoms with Crippen LogP contribution < -0.4 is 4.74 Å². The van der Waals surface area contributed by atoms with E-state index in [1.54, 1.807) is 12.1 Å². The Morgan fingerprint density at radius 1 is 1.36 bits per heavy atom. The molecule has 0 heterocycles. The fourth-order valence-corrected chi connectivity index (χ4v) is 1.77. The molecule has 0 saturated heterocycles. The summed E-state index contributed by atoms with van der Waals surface area (Å²) in [4.78, 5) is 0. The largest absolute Gasteiger partial charge is 0.477 e. The second kappa shape index (κ2) is 5.31. The maximum absolute atomic E-state index is 8.36. The summed E-state index contributed by atoms with van der Waals surface area (Å²) in [5.41, 5.74) is 0.680. The van der Waals surface area contributed by atoms with Crippen LogP contribution in [-0.2, 0) is 5.88 Å². The van der Waals surface area contributed by atoms with Crippen LogP contribution in [0.3, 0.4) is 0 Å². The number of rotatable bonds is 3. The Labute approximate surface area is 96.9 Å². The fourth-order valence-electron chi connectivity index (χ4n) is 0.979. The van der Waals surface area contributed by atoms with Crippen LogP contribution in [0.2, 0.25) is 10.0 Å². The summed E-state index contributed by atoms with van der Waals surface area (Å²) >= 11 is 17.3. The summed E-state index contributed by atoms with van der Waals surface area (Å²) in [6.07, 6.45) is 0. The molecule has 0 bridgehead atoms. The van der Waals surface area contributed by atoms with Crippen molar-refractivity contribution in [2.75, 3.05) is 6.61 Å². The molecular weight excluding hydrogens is 244 g/mol. The minimum atomic E-state index is -0.0642. The number of ether oxygens (including phenoxy) is 1. The minimum Gasteiger partial charge on any atom is -0.477 e. The van der Waals surface area contributed by atoms with Gasteiger partial charge in [-0.25, -0.2) is 0 Å². The van der Waals surface area contributed by atoms with Crippen molar-refractivity contribution in [1.82, 2.24) is 0 Å². The molecule has 0 saturated carbocycles. The zero-order valence-corrected chi connectivity index (χ0v) is 9.33. The molecule has 1 aromatic carbocycles. The third-order valence-electron chi connectivity index (χ3n) is 1.51. The molecule has 0 aliphatic rings. The van der Waals surface area contributed by atoms with Gasteiger partial charge in [0.15, 0.2) is 6.61 Å². The van der Waals surface area contributed by atoms with Crippen molar-refractivity contribution in [2.45, 2.75) is 5.88 Å². The summed E-state index contributed by atoms with van der Waals surface area (Å²) in [7, 11) is 0. The summed E-state index contributed by atoms with van der Waals surface area (Å²) in [5.74, 6) is 0.661. The molecular formula is C9H6Cl3NO. The lowest BCUT2D eigenvalue weighted by atomic mass is 10.2. The lowest BCUT2D eigenvalue weighted by Gasteiger charge is -2.09. The van der Waals surface area contributed by atoms with E-state index in [-0.39, 0.29) is 12.5 Å². The van der Waals surface area contributed by atoms with E-state index in [2.05, 4.69) is 0 Å². The highest BCUT2D eigenvalue weighted by Crippen LogP contribution is 2.33. The Morgan fingerprint density at radius 3 is 2.64 bits per heavy atom. The van der Waals surface area contributed by atoms with E-state index in [1.807, 2.05) is 6.07 Å². The Morgan fingerprint density at radius 2 is 2.07 bits per heavy atom. The van der Waals surface area contributed by atoms with Gasteiger partial charge in [0, 0.05) is 10.6 Å². The van der Waals surface area contributed by atoms with Crippen LogP contribution in [0.25, 0.3) is 0 Å². The van der Waals surface area contributed by atoms with Gasteiger partial charge in [-0.2, -0.15) is 5.26 Å². The molecule has 0 unspecified atom stereocenters. The van der Waals surface area contributed by atoms with E-state index in [0.29, 0.717) is 21.4 Å². The van der Waals surface area contributed by atoms with Gasteiger partial charge in [-0.3, -0.25) is 0 Å². The molecule has 0 aromatic heterocycles. The second-order valence-corrected chi connectivity index (χ2v) is 3.57. The lowest BCUT2D eigenvalue weighted by molar-refractivity contribution is 0.365. The normalized spacial score (nSPS) is 9.57. The summed E-state index contributed by atoms with van der Waals surface area (Å²) in [6.45, 7) is -0.0642. The van der Waals surface area contributed by atoms with Crippen molar-refractivity contribution in [1.29, 1.82) is 5.26 Å². The van der Waals surface area contributed by atoms with Crippen molar-refractivity contribution in [3.05, 3.63) is 27.7 Å². The van der Waals surface area contributed by atoms with Gasteiger partial charge in [0.2, 0.25) is 0 Å². The molecule has 14 heavy (non-hydrogen) atoms. The molecule has 0 fully saturated rings. The Balaban J connectivity index is 3.06. The average Bonchev–Trinajstić information content (AvgIpc) is 2.15. The van der Waals surface area contributed by atoms with Gasteiger partial charge in [-0.1, -0.05) is 23.2 Å². The average molecular weight is 251 g/mol. The molecule has 74 valence electrons. The molecule has 5 heteroatoms. The van der Waals surface area contributed by atoms with Crippen LogP contribution in [0.4, 0.5) is 0 Å². The first kappa shape index (κ1) is 11.5. The van der Waals surface area contributed by atoms with Crippen molar-refractivity contribution in [3.63, 3.8) is 0 Å². The molecule has 1 aromatic rings. The van der Waals surface area contributed by atoms with Gasteiger partial charge < -0.3 is 4.74 Å². The minimum absolute atomic E-state index is 0.0642. The van der Waals surface area contributed by atoms with Gasteiger partial charge in [-0.05, 0) is 12.1 Å². The lowest BCUT2D eigenvalue weighted by Crippen LogP contribution is -1.97. The van der Waals surface area contributed by atoms with Crippen molar-refractivity contribution >= 4 is 34.8 Å². The van der Waals surface area contributed by atoms with Crippen molar-refractivity contribution in [3.8, 4) is 11.8 Å². The first-order chi connectivity index (χ1) is 6.69. The molecule has 2 nitrogen and oxygen atoms in total.